The van der Waals surface area contributed by atoms with Crippen molar-refractivity contribution in [2.24, 2.45) is 0 Å². The van der Waals surface area contributed by atoms with Crippen molar-refractivity contribution in [1.29, 1.82) is 0 Å². The van der Waals surface area contributed by atoms with Gasteiger partial charge in [-0.25, -0.2) is 0 Å². The van der Waals surface area contributed by atoms with Crippen LogP contribution in [0.5, 0.6) is 5.75 Å². The monoisotopic (exact) mass is 252 g/mol. The molecule has 1 rings (SSSR count). The van der Waals surface area contributed by atoms with Gasteiger partial charge in [0.1, 0.15) is 18.5 Å². The van der Waals surface area contributed by atoms with E-state index in [9.17, 15) is 5.11 Å². The number of aliphatic hydroxyl groups is 1. The Labute approximate surface area is 109 Å². The minimum atomic E-state index is -0.474. The molecule has 0 heterocycles. The second-order valence-corrected chi connectivity index (χ2v) is 4.43. The SMILES string of the molecule is CCCN(CC)CC(O)COc1cccc(N)c1. The van der Waals surface area contributed by atoms with Gasteiger partial charge in [0.05, 0.1) is 0 Å². The summed E-state index contributed by atoms with van der Waals surface area (Å²) in [7, 11) is 0. The fourth-order valence-corrected chi connectivity index (χ4v) is 1.84. The topological polar surface area (TPSA) is 58.7 Å². The van der Waals surface area contributed by atoms with Crippen molar-refractivity contribution < 1.29 is 9.84 Å². The minimum Gasteiger partial charge on any atom is -0.491 e. The number of nitrogen functional groups attached to an aromatic ring is 1. The van der Waals surface area contributed by atoms with Crippen molar-refractivity contribution in [3.63, 3.8) is 0 Å². The molecule has 0 fully saturated rings. The first-order valence-electron chi connectivity index (χ1n) is 6.54. The average Bonchev–Trinajstić information content (AvgIpc) is 2.36. The van der Waals surface area contributed by atoms with Crippen LogP contribution >= 0.6 is 0 Å². The molecule has 3 N–H and O–H groups in total. The van der Waals surface area contributed by atoms with Gasteiger partial charge in [-0.3, -0.25) is 0 Å². The number of ether oxygens (including phenoxy) is 1. The highest BCUT2D eigenvalue weighted by Gasteiger charge is 2.10. The van der Waals surface area contributed by atoms with Crippen LogP contribution in [-0.2, 0) is 0 Å². The van der Waals surface area contributed by atoms with E-state index in [0.717, 1.165) is 19.5 Å². The zero-order chi connectivity index (χ0) is 13.4. The molecular weight excluding hydrogens is 228 g/mol. The number of anilines is 1. The first-order chi connectivity index (χ1) is 8.65. The van der Waals surface area contributed by atoms with Gasteiger partial charge in [-0.15, -0.1) is 0 Å². The molecule has 0 saturated heterocycles. The second-order valence-electron chi connectivity index (χ2n) is 4.43. The Morgan fingerprint density at radius 2 is 2.17 bits per heavy atom. The van der Waals surface area contributed by atoms with Gasteiger partial charge in [-0.2, -0.15) is 0 Å². The minimum absolute atomic E-state index is 0.295. The van der Waals surface area contributed by atoms with Crippen molar-refractivity contribution >= 4 is 5.69 Å². The predicted octanol–water partition coefficient (Wildman–Crippen LogP) is 1.74. The van der Waals surface area contributed by atoms with Crippen molar-refractivity contribution in [3.8, 4) is 5.75 Å². The second kappa shape index (κ2) is 7.95. The van der Waals surface area contributed by atoms with E-state index >= 15 is 0 Å². The van der Waals surface area contributed by atoms with Crippen LogP contribution in [0.15, 0.2) is 24.3 Å². The fraction of sp³-hybridized carbons (Fsp3) is 0.571. The van der Waals surface area contributed by atoms with E-state index in [1.165, 1.54) is 0 Å². The molecule has 0 amide bonds. The van der Waals surface area contributed by atoms with E-state index < -0.39 is 6.10 Å². The number of aliphatic hydroxyl groups excluding tert-OH is 1. The molecule has 0 saturated carbocycles. The van der Waals surface area contributed by atoms with Gasteiger partial charge in [0.2, 0.25) is 0 Å². The standard InChI is InChI=1S/C14H24N2O2/c1-3-8-16(4-2)10-13(17)11-18-14-7-5-6-12(15)9-14/h5-7,9,13,17H,3-4,8,10-11,15H2,1-2H3. The number of nitrogens with two attached hydrogens (primary N) is 1. The van der Waals surface area contributed by atoms with Gasteiger partial charge in [-0.1, -0.05) is 19.9 Å². The van der Waals surface area contributed by atoms with E-state index in [-0.39, 0.29) is 0 Å². The summed E-state index contributed by atoms with van der Waals surface area (Å²) >= 11 is 0. The van der Waals surface area contributed by atoms with Gasteiger partial charge in [0.25, 0.3) is 0 Å². The van der Waals surface area contributed by atoms with Crippen LogP contribution in [-0.4, -0.2) is 42.4 Å². The normalized spacial score (nSPS) is 12.7. The Balaban J connectivity index is 2.34. The van der Waals surface area contributed by atoms with Crippen LogP contribution in [0.25, 0.3) is 0 Å². The van der Waals surface area contributed by atoms with E-state index in [1.807, 2.05) is 18.2 Å². The molecule has 4 heteroatoms. The van der Waals surface area contributed by atoms with Crippen molar-refractivity contribution in [1.82, 2.24) is 4.90 Å². The first-order valence-corrected chi connectivity index (χ1v) is 6.54. The summed E-state index contributed by atoms with van der Waals surface area (Å²) in [4.78, 5) is 2.22. The third kappa shape index (κ3) is 5.38. The highest BCUT2D eigenvalue weighted by Crippen LogP contribution is 2.14. The highest BCUT2D eigenvalue weighted by molar-refractivity contribution is 5.43. The Bertz CT molecular complexity index is 344. The van der Waals surface area contributed by atoms with Gasteiger partial charge >= 0.3 is 0 Å². The molecule has 0 aromatic heterocycles. The molecule has 1 unspecified atom stereocenters. The molecule has 0 aliphatic heterocycles. The van der Waals surface area contributed by atoms with Crippen molar-refractivity contribution in [2.75, 3.05) is 32.0 Å². The number of benzene rings is 1. The number of hydrogen-bond acceptors (Lipinski definition) is 4. The molecule has 1 atom stereocenters. The maximum atomic E-state index is 9.91. The lowest BCUT2D eigenvalue weighted by atomic mass is 10.3. The van der Waals surface area contributed by atoms with Crippen molar-refractivity contribution in [3.05, 3.63) is 24.3 Å². The molecule has 0 spiro atoms. The summed E-state index contributed by atoms with van der Waals surface area (Å²) in [6.45, 7) is 7.13. The Morgan fingerprint density at radius 3 is 2.78 bits per heavy atom. The molecule has 1 aromatic carbocycles. The summed E-state index contributed by atoms with van der Waals surface area (Å²) in [5.74, 6) is 0.701. The Kier molecular flexibility index (Phi) is 6.54. The molecule has 102 valence electrons. The number of rotatable bonds is 8. The maximum absolute atomic E-state index is 9.91. The molecule has 0 radical (unpaired) electrons. The van der Waals surface area contributed by atoms with E-state index in [4.69, 9.17) is 10.5 Å². The summed E-state index contributed by atoms with van der Waals surface area (Å²) in [6.07, 6.45) is 0.620. The van der Waals surface area contributed by atoms with Crippen LogP contribution in [0.2, 0.25) is 0 Å². The molecule has 1 aromatic rings. The zero-order valence-electron chi connectivity index (χ0n) is 11.3. The van der Waals surface area contributed by atoms with Crippen LogP contribution in [0.3, 0.4) is 0 Å². The first kappa shape index (κ1) is 14.8. The van der Waals surface area contributed by atoms with E-state index in [0.29, 0.717) is 24.6 Å². The van der Waals surface area contributed by atoms with Gasteiger partial charge in [-0.05, 0) is 31.6 Å². The Hall–Kier alpha value is -1.26. The van der Waals surface area contributed by atoms with Crippen LogP contribution in [0.4, 0.5) is 5.69 Å². The third-order valence-electron chi connectivity index (χ3n) is 2.76. The van der Waals surface area contributed by atoms with Gasteiger partial charge in [0.15, 0.2) is 0 Å². The largest absolute Gasteiger partial charge is 0.491 e. The summed E-state index contributed by atoms with van der Waals surface area (Å²) in [6, 6.07) is 7.25. The summed E-state index contributed by atoms with van der Waals surface area (Å²) in [5, 5.41) is 9.91. The lowest BCUT2D eigenvalue weighted by Crippen LogP contribution is -2.36. The zero-order valence-corrected chi connectivity index (χ0v) is 11.3. The molecule has 0 aliphatic rings. The lowest BCUT2D eigenvalue weighted by Gasteiger charge is -2.23. The van der Waals surface area contributed by atoms with E-state index in [2.05, 4.69) is 18.7 Å². The van der Waals surface area contributed by atoms with Crippen LogP contribution < -0.4 is 10.5 Å². The van der Waals surface area contributed by atoms with Crippen LogP contribution in [0, 0.1) is 0 Å². The van der Waals surface area contributed by atoms with Crippen molar-refractivity contribution in [2.45, 2.75) is 26.4 Å². The van der Waals surface area contributed by atoms with Gasteiger partial charge in [0, 0.05) is 18.3 Å². The lowest BCUT2D eigenvalue weighted by molar-refractivity contribution is 0.0699. The molecule has 0 bridgehead atoms. The maximum Gasteiger partial charge on any atom is 0.121 e. The third-order valence-corrected chi connectivity index (χ3v) is 2.76. The number of hydrogen-bond donors (Lipinski definition) is 2. The van der Waals surface area contributed by atoms with E-state index in [1.54, 1.807) is 6.07 Å². The Morgan fingerprint density at radius 1 is 1.39 bits per heavy atom. The number of likely N-dealkylation sites (N-methyl/N-ethyl adjacent to an activating group) is 1. The molecule has 0 aliphatic carbocycles. The van der Waals surface area contributed by atoms with Crippen LogP contribution in [0.1, 0.15) is 20.3 Å². The molecular formula is C14H24N2O2. The summed E-state index contributed by atoms with van der Waals surface area (Å²) < 4.78 is 5.52. The quantitative estimate of drug-likeness (QED) is 0.692. The highest BCUT2D eigenvalue weighted by atomic mass is 16.5. The predicted molar refractivity (Wildman–Crippen MR) is 74.8 cm³/mol. The number of nitrogens with zero attached hydrogens (tertiary/aromatic N) is 1. The smallest absolute Gasteiger partial charge is 0.121 e. The average molecular weight is 252 g/mol. The fourth-order valence-electron chi connectivity index (χ4n) is 1.84. The summed E-state index contributed by atoms with van der Waals surface area (Å²) in [5.41, 5.74) is 6.33. The molecule has 4 nitrogen and oxygen atoms in total. The molecule has 18 heavy (non-hydrogen) atoms. The van der Waals surface area contributed by atoms with Gasteiger partial charge < -0.3 is 20.5 Å².